The molecule has 1 heterocycles. The first kappa shape index (κ1) is 13.4. The van der Waals surface area contributed by atoms with E-state index >= 15 is 0 Å². The lowest BCUT2D eigenvalue weighted by Gasteiger charge is -2.35. The summed E-state index contributed by atoms with van der Waals surface area (Å²) >= 11 is 0. The number of benzene rings is 1. The molecule has 1 aromatic carbocycles. The molecule has 0 saturated carbocycles. The third-order valence-corrected chi connectivity index (χ3v) is 3.51. The predicted octanol–water partition coefficient (Wildman–Crippen LogP) is 2.75. The zero-order valence-electron chi connectivity index (χ0n) is 11.3. The average molecular weight is 249 g/mol. The van der Waals surface area contributed by atoms with Crippen LogP contribution in [0.3, 0.4) is 0 Å². The first-order valence-electron chi connectivity index (χ1n) is 6.86. The topological polar surface area (TPSA) is 32.7 Å². The van der Waals surface area contributed by atoms with Crippen LogP contribution in [0.15, 0.2) is 24.3 Å². The molecule has 100 valence electrons. The van der Waals surface area contributed by atoms with Crippen molar-refractivity contribution < 1.29 is 9.84 Å². The largest absolute Gasteiger partial charge is 0.389 e. The molecule has 0 bridgehead atoms. The second-order valence-corrected chi connectivity index (χ2v) is 4.90. The van der Waals surface area contributed by atoms with Gasteiger partial charge in [-0.25, -0.2) is 0 Å². The average Bonchev–Trinajstić information content (AvgIpc) is 2.39. The van der Waals surface area contributed by atoms with E-state index in [-0.39, 0.29) is 0 Å². The molecule has 1 N–H and O–H groups in total. The molecule has 1 aliphatic heterocycles. The molecular formula is C15H23NO2. The molecule has 0 amide bonds. The van der Waals surface area contributed by atoms with Crippen molar-refractivity contribution in [1.82, 2.24) is 0 Å². The second-order valence-electron chi connectivity index (χ2n) is 4.90. The first-order chi connectivity index (χ1) is 8.72. The molecule has 0 aliphatic carbocycles. The highest BCUT2D eigenvalue weighted by molar-refractivity contribution is 5.55. The fourth-order valence-electron chi connectivity index (χ4n) is 2.66. The normalized spacial score (nSPS) is 21.9. The summed E-state index contributed by atoms with van der Waals surface area (Å²) in [7, 11) is 0. The lowest BCUT2D eigenvalue weighted by atomic mass is 10.0. The van der Waals surface area contributed by atoms with Gasteiger partial charge in [0.1, 0.15) is 0 Å². The number of hydrogen-bond acceptors (Lipinski definition) is 3. The van der Waals surface area contributed by atoms with E-state index in [4.69, 9.17) is 4.74 Å². The van der Waals surface area contributed by atoms with Crippen LogP contribution in [0, 0.1) is 0 Å². The molecule has 3 nitrogen and oxygen atoms in total. The van der Waals surface area contributed by atoms with Crippen molar-refractivity contribution in [2.45, 2.75) is 38.9 Å². The predicted molar refractivity (Wildman–Crippen MR) is 73.9 cm³/mol. The monoisotopic (exact) mass is 249 g/mol. The number of nitrogens with zero attached hydrogens (tertiary/aromatic N) is 1. The van der Waals surface area contributed by atoms with Gasteiger partial charge in [0, 0.05) is 30.9 Å². The molecule has 1 aliphatic rings. The second kappa shape index (κ2) is 6.21. The third-order valence-electron chi connectivity index (χ3n) is 3.51. The van der Waals surface area contributed by atoms with E-state index in [0.29, 0.717) is 6.10 Å². The van der Waals surface area contributed by atoms with Gasteiger partial charge in [-0.15, -0.1) is 0 Å². The summed E-state index contributed by atoms with van der Waals surface area (Å²) in [6.45, 7) is 6.62. The number of ether oxygens (including phenoxy) is 1. The Morgan fingerprint density at radius 2 is 2.22 bits per heavy atom. The fraction of sp³-hybridized carbons (Fsp3) is 0.600. The minimum Gasteiger partial charge on any atom is -0.389 e. The maximum absolute atomic E-state index is 9.85. The van der Waals surface area contributed by atoms with Crippen molar-refractivity contribution in [2.75, 3.05) is 24.6 Å². The van der Waals surface area contributed by atoms with Gasteiger partial charge in [0.25, 0.3) is 0 Å². The molecular weight excluding hydrogens is 226 g/mol. The number of hydrogen-bond donors (Lipinski definition) is 1. The van der Waals surface area contributed by atoms with Crippen LogP contribution in [0.4, 0.5) is 5.69 Å². The molecule has 0 radical (unpaired) electrons. The van der Waals surface area contributed by atoms with Crippen LogP contribution < -0.4 is 4.90 Å². The summed E-state index contributed by atoms with van der Waals surface area (Å²) in [6.07, 6.45) is 2.19. The molecule has 1 fully saturated rings. The summed E-state index contributed by atoms with van der Waals surface area (Å²) < 4.78 is 5.73. The Labute approximate surface area is 109 Å². The Morgan fingerprint density at radius 1 is 1.44 bits per heavy atom. The van der Waals surface area contributed by atoms with Crippen molar-refractivity contribution in [1.29, 1.82) is 0 Å². The van der Waals surface area contributed by atoms with Gasteiger partial charge >= 0.3 is 0 Å². The fourth-order valence-corrected chi connectivity index (χ4v) is 2.66. The van der Waals surface area contributed by atoms with E-state index in [9.17, 15) is 5.11 Å². The van der Waals surface area contributed by atoms with E-state index in [0.717, 1.165) is 43.8 Å². The summed E-state index contributed by atoms with van der Waals surface area (Å²) in [5.74, 6) is 0. The highest BCUT2D eigenvalue weighted by atomic mass is 16.5. The molecule has 2 rings (SSSR count). The van der Waals surface area contributed by atoms with Crippen molar-refractivity contribution >= 4 is 5.69 Å². The third kappa shape index (κ3) is 3.03. The lowest BCUT2D eigenvalue weighted by molar-refractivity contribution is 0.0525. The van der Waals surface area contributed by atoms with Crippen LogP contribution in [0.25, 0.3) is 0 Å². The summed E-state index contributed by atoms with van der Waals surface area (Å²) in [5, 5.41) is 9.85. The number of anilines is 1. The minimum absolute atomic E-state index is 0.325. The van der Waals surface area contributed by atoms with Crippen LogP contribution in [0.5, 0.6) is 0 Å². The van der Waals surface area contributed by atoms with Gasteiger partial charge in [-0.1, -0.05) is 18.2 Å². The lowest BCUT2D eigenvalue weighted by Crippen LogP contribution is -2.40. The van der Waals surface area contributed by atoms with Crippen molar-refractivity contribution in [3.8, 4) is 0 Å². The van der Waals surface area contributed by atoms with Crippen LogP contribution in [0.1, 0.15) is 38.4 Å². The standard InChI is InChI=1S/C15H23NO2/c1-3-18-13-7-6-10-16(11-13)15-9-5-4-8-14(15)12(2)17/h4-5,8-9,12-13,17H,3,6-7,10-11H2,1-2H3/t12-,13?/m1/s1. The highest BCUT2D eigenvalue weighted by Gasteiger charge is 2.22. The maximum Gasteiger partial charge on any atom is 0.0781 e. The molecule has 1 aromatic rings. The Bertz CT molecular complexity index is 377. The highest BCUT2D eigenvalue weighted by Crippen LogP contribution is 2.28. The Kier molecular flexibility index (Phi) is 4.61. The number of aliphatic hydroxyl groups is 1. The zero-order chi connectivity index (χ0) is 13.0. The Balaban J connectivity index is 2.15. The van der Waals surface area contributed by atoms with Gasteiger partial charge in [0.2, 0.25) is 0 Å². The maximum atomic E-state index is 9.85. The van der Waals surface area contributed by atoms with Gasteiger partial charge < -0.3 is 14.7 Å². The SMILES string of the molecule is CCOC1CCCN(c2ccccc2[C@@H](C)O)C1. The minimum atomic E-state index is -0.423. The number of para-hydroxylation sites is 1. The van der Waals surface area contributed by atoms with Crippen molar-refractivity contribution in [2.24, 2.45) is 0 Å². The molecule has 18 heavy (non-hydrogen) atoms. The molecule has 0 aromatic heterocycles. The van der Waals surface area contributed by atoms with E-state index in [1.54, 1.807) is 0 Å². The molecule has 3 heteroatoms. The Hall–Kier alpha value is -1.06. The number of piperidine rings is 1. The van der Waals surface area contributed by atoms with Gasteiger partial charge in [-0.3, -0.25) is 0 Å². The molecule has 2 atom stereocenters. The summed E-state index contributed by atoms with van der Waals surface area (Å²) in [6, 6.07) is 8.11. The van der Waals surface area contributed by atoms with Gasteiger partial charge in [0.05, 0.1) is 12.2 Å². The van der Waals surface area contributed by atoms with Crippen molar-refractivity contribution in [3.05, 3.63) is 29.8 Å². The van der Waals surface area contributed by atoms with Gasteiger partial charge in [0.15, 0.2) is 0 Å². The number of rotatable bonds is 4. The van der Waals surface area contributed by atoms with Crippen molar-refractivity contribution in [3.63, 3.8) is 0 Å². The molecule has 0 spiro atoms. The quantitative estimate of drug-likeness (QED) is 0.890. The van der Waals surface area contributed by atoms with Gasteiger partial charge in [-0.2, -0.15) is 0 Å². The van der Waals surface area contributed by atoms with Crippen LogP contribution in [-0.4, -0.2) is 30.9 Å². The van der Waals surface area contributed by atoms with E-state index in [1.165, 1.54) is 0 Å². The Morgan fingerprint density at radius 3 is 2.94 bits per heavy atom. The molecule has 1 saturated heterocycles. The van der Waals surface area contributed by atoms with Crippen LogP contribution >= 0.6 is 0 Å². The van der Waals surface area contributed by atoms with Crippen LogP contribution in [-0.2, 0) is 4.74 Å². The summed E-state index contributed by atoms with van der Waals surface area (Å²) in [4.78, 5) is 2.34. The first-order valence-corrected chi connectivity index (χ1v) is 6.86. The van der Waals surface area contributed by atoms with Crippen LogP contribution in [0.2, 0.25) is 0 Å². The van der Waals surface area contributed by atoms with E-state index < -0.39 is 6.10 Å². The zero-order valence-corrected chi connectivity index (χ0v) is 11.3. The summed E-state index contributed by atoms with van der Waals surface area (Å²) in [5.41, 5.74) is 2.16. The smallest absolute Gasteiger partial charge is 0.0781 e. The van der Waals surface area contributed by atoms with Gasteiger partial charge in [-0.05, 0) is 32.8 Å². The number of aliphatic hydroxyl groups excluding tert-OH is 1. The molecule has 1 unspecified atom stereocenters. The van der Waals surface area contributed by atoms with E-state index in [1.807, 2.05) is 32.0 Å². The van der Waals surface area contributed by atoms with E-state index in [2.05, 4.69) is 11.0 Å².